The maximum absolute atomic E-state index is 13.6. The molecule has 1 saturated carbocycles. The summed E-state index contributed by atoms with van der Waals surface area (Å²) in [7, 11) is 0. The van der Waals surface area contributed by atoms with Crippen LogP contribution in [-0.2, 0) is 0 Å². The van der Waals surface area contributed by atoms with Crippen molar-refractivity contribution >= 4 is 5.91 Å². The molecular weight excluding hydrogens is 432 g/mol. The molecule has 0 radical (unpaired) electrons. The van der Waals surface area contributed by atoms with Gasteiger partial charge in [-0.2, -0.15) is 0 Å². The molecule has 6 heteroatoms. The molecule has 0 bridgehead atoms. The highest BCUT2D eigenvalue weighted by Crippen LogP contribution is 2.40. The quantitative estimate of drug-likeness (QED) is 0.643. The molecular formula is C28H29F2N3O. The maximum atomic E-state index is 13.6. The van der Waals surface area contributed by atoms with Crippen LogP contribution in [0.15, 0.2) is 84.9 Å². The third kappa shape index (κ3) is 5.28. The lowest BCUT2D eigenvalue weighted by Gasteiger charge is -2.34. The summed E-state index contributed by atoms with van der Waals surface area (Å²) in [4.78, 5) is 16.5. The number of amides is 1. The Labute approximate surface area is 199 Å². The van der Waals surface area contributed by atoms with Crippen molar-refractivity contribution in [1.82, 2.24) is 15.1 Å². The predicted octanol–water partition coefficient (Wildman–Crippen LogP) is 5.19. The molecule has 34 heavy (non-hydrogen) atoms. The van der Waals surface area contributed by atoms with Gasteiger partial charge in [0.1, 0.15) is 11.6 Å². The van der Waals surface area contributed by atoms with E-state index in [1.165, 1.54) is 16.9 Å². The number of benzene rings is 2. The number of nitrogens with one attached hydrogen (secondary N) is 1. The van der Waals surface area contributed by atoms with Crippen molar-refractivity contribution in [3.8, 4) is 0 Å². The van der Waals surface area contributed by atoms with E-state index in [9.17, 15) is 13.6 Å². The van der Waals surface area contributed by atoms with E-state index in [0.717, 1.165) is 56.4 Å². The van der Waals surface area contributed by atoms with E-state index in [1.807, 2.05) is 12.2 Å². The topological polar surface area (TPSA) is 35.6 Å². The third-order valence-corrected chi connectivity index (χ3v) is 6.91. The number of allylic oxidation sites excluding steroid dienone is 3. The molecule has 3 aliphatic rings. The smallest absolute Gasteiger partial charge is 0.262 e. The Kier molecular flexibility index (Phi) is 6.59. The Balaban J connectivity index is 1.15. The third-order valence-electron chi connectivity index (χ3n) is 6.91. The van der Waals surface area contributed by atoms with Gasteiger partial charge >= 0.3 is 0 Å². The summed E-state index contributed by atoms with van der Waals surface area (Å²) in [5.74, 6) is -0.713. The van der Waals surface area contributed by atoms with Gasteiger partial charge in [0.15, 0.2) is 0 Å². The van der Waals surface area contributed by atoms with Crippen LogP contribution in [0.4, 0.5) is 8.78 Å². The zero-order valence-electron chi connectivity index (χ0n) is 19.0. The largest absolute Gasteiger partial charge is 0.370 e. The summed E-state index contributed by atoms with van der Waals surface area (Å²) in [5, 5.41) is 3.76. The summed E-state index contributed by atoms with van der Waals surface area (Å²) in [6.07, 6.45) is 12.4. The number of carbonyl (C=O) groups is 1. The highest BCUT2D eigenvalue weighted by atomic mass is 19.1. The van der Waals surface area contributed by atoms with E-state index < -0.39 is 17.5 Å². The summed E-state index contributed by atoms with van der Waals surface area (Å²) in [6.45, 7) is 2.85. The zero-order valence-corrected chi connectivity index (χ0v) is 19.0. The molecule has 2 aromatic carbocycles. The molecule has 1 saturated heterocycles. The number of halogens is 2. The minimum Gasteiger partial charge on any atom is -0.370 e. The van der Waals surface area contributed by atoms with E-state index in [0.29, 0.717) is 17.9 Å². The Morgan fingerprint density at radius 2 is 1.74 bits per heavy atom. The van der Waals surface area contributed by atoms with Crippen molar-refractivity contribution in [2.45, 2.75) is 31.2 Å². The van der Waals surface area contributed by atoms with Gasteiger partial charge in [-0.1, -0.05) is 36.4 Å². The van der Waals surface area contributed by atoms with Crippen LogP contribution in [0.25, 0.3) is 0 Å². The van der Waals surface area contributed by atoms with E-state index in [4.69, 9.17) is 0 Å². The second-order valence-corrected chi connectivity index (χ2v) is 9.32. The Bertz CT molecular complexity index is 1100. The van der Waals surface area contributed by atoms with Gasteiger partial charge in [-0.25, -0.2) is 8.78 Å². The number of likely N-dealkylation sites (tertiary alicyclic amines) is 1. The highest BCUT2D eigenvalue weighted by molar-refractivity contribution is 5.95. The van der Waals surface area contributed by atoms with E-state index in [1.54, 1.807) is 18.5 Å². The molecule has 1 amide bonds. The van der Waals surface area contributed by atoms with Gasteiger partial charge in [-0.3, -0.25) is 9.69 Å². The van der Waals surface area contributed by atoms with Crippen molar-refractivity contribution < 1.29 is 13.6 Å². The predicted molar refractivity (Wildman–Crippen MR) is 129 cm³/mol. The zero-order chi connectivity index (χ0) is 23.5. The van der Waals surface area contributed by atoms with Gasteiger partial charge in [0, 0.05) is 49.1 Å². The van der Waals surface area contributed by atoms with Crippen LogP contribution in [0.3, 0.4) is 0 Å². The van der Waals surface area contributed by atoms with Crippen LogP contribution >= 0.6 is 0 Å². The molecule has 0 spiro atoms. The molecule has 2 aliphatic heterocycles. The van der Waals surface area contributed by atoms with E-state index in [2.05, 4.69) is 40.5 Å². The Hall–Kier alpha value is -3.25. The van der Waals surface area contributed by atoms with Gasteiger partial charge < -0.3 is 10.2 Å². The lowest BCUT2D eigenvalue weighted by atomic mass is 9.96. The van der Waals surface area contributed by atoms with Gasteiger partial charge in [0.25, 0.3) is 5.91 Å². The molecule has 2 atom stereocenters. The summed E-state index contributed by atoms with van der Waals surface area (Å²) >= 11 is 0. The maximum Gasteiger partial charge on any atom is 0.262 e. The normalized spacial score (nSPS) is 22.5. The highest BCUT2D eigenvalue weighted by Gasteiger charge is 2.38. The fourth-order valence-electron chi connectivity index (χ4n) is 4.87. The fourth-order valence-corrected chi connectivity index (χ4v) is 4.87. The number of piperidine rings is 1. The molecule has 2 heterocycles. The van der Waals surface area contributed by atoms with Gasteiger partial charge in [0.05, 0.1) is 5.70 Å². The first-order chi connectivity index (χ1) is 16.6. The average molecular weight is 462 g/mol. The second-order valence-electron chi connectivity index (χ2n) is 9.32. The van der Waals surface area contributed by atoms with Gasteiger partial charge in [-0.15, -0.1) is 0 Å². The van der Waals surface area contributed by atoms with Crippen molar-refractivity contribution in [3.05, 3.63) is 108 Å². The van der Waals surface area contributed by atoms with Crippen LogP contribution in [0.2, 0.25) is 0 Å². The number of nitrogens with zero attached hydrogens (tertiary/aromatic N) is 2. The SMILES string of the molecule is O=C(c1cc(F)cc(F)c1)N1C=CC=CC(N2CCC(CN[C@@H]3C[C@H]3c3ccccc3)CC2)=C1. The molecule has 0 unspecified atom stereocenters. The standard InChI is InChI=1S/C28H29F2N3O/c29-23-14-22(15-24(30)16-23)28(34)33-11-5-4-8-25(19-33)32-12-9-20(10-13-32)18-31-27-17-26(27)21-6-2-1-3-7-21/h1-8,11,14-16,19-20,26-27,31H,9-10,12-13,17-18H2/t26-,27+/m0/s1. The lowest BCUT2D eigenvalue weighted by Crippen LogP contribution is -2.37. The Morgan fingerprint density at radius 1 is 1.00 bits per heavy atom. The van der Waals surface area contributed by atoms with Crippen molar-refractivity contribution in [3.63, 3.8) is 0 Å². The molecule has 2 aromatic rings. The summed E-state index contributed by atoms with van der Waals surface area (Å²) in [6, 6.07) is 14.2. The number of rotatable bonds is 6. The molecule has 1 N–H and O–H groups in total. The monoisotopic (exact) mass is 461 g/mol. The van der Waals surface area contributed by atoms with Crippen molar-refractivity contribution in [2.24, 2.45) is 5.92 Å². The molecule has 2 fully saturated rings. The summed E-state index contributed by atoms with van der Waals surface area (Å²) < 4.78 is 27.2. The lowest BCUT2D eigenvalue weighted by molar-refractivity contribution is 0.0865. The van der Waals surface area contributed by atoms with Crippen LogP contribution in [0, 0.1) is 17.6 Å². The first kappa shape index (κ1) is 22.5. The molecule has 0 aromatic heterocycles. The molecule has 1 aliphatic carbocycles. The minimum absolute atomic E-state index is 0.0154. The number of hydrogen-bond acceptors (Lipinski definition) is 3. The molecule has 176 valence electrons. The Morgan fingerprint density at radius 3 is 2.47 bits per heavy atom. The van der Waals surface area contributed by atoms with Crippen LogP contribution < -0.4 is 5.32 Å². The molecule has 5 rings (SSSR count). The number of hydrogen-bond donors (Lipinski definition) is 1. The van der Waals surface area contributed by atoms with Crippen LogP contribution in [0.5, 0.6) is 0 Å². The van der Waals surface area contributed by atoms with E-state index >= 15 is 0 Å². The first-order valence-electron chi connectivity index (χ1n) is 12.0. The van der Waals surface area contributed by atoms with Crippen molar-refractivity contribution in [2.75, 3.05) is 19.6 Å². The van der Waals surface area contributed by atoms with Crippen LogP contribution in [-0.4, -0.2) is 41.4 Å². The number of carbonyl (C=O) groups excluding carboxylic acids is 1. The van der Waals surface area contributed by atoms with Gasteiger partial charge in [-0.05, 0) is 61.6 Å². The average Bonchev–Trinajstić information content (AvgIpc) is 3.66. The summed E-state index contributed by atoms with van der Waals surface area (Å²) in [5.41, 5.74) is 2.34. The van der Waals surface area contributed by atoms with Crippen LogP contribution in [0.1, 0.15) is 41.1 Å². The van der Waals surface area contributed by atoms with Crippen molar-refractivity contribution in [1.29, 1.82) is 0 Å². The first-order valence-corrected chi connectivity index (χ1v) is 12.0. The van der Waals surface area contributed by atoms with E-state index in [-0.39, 0.29) is 5.56 Å². The fraction of sp³-hybridized carbons (Fsp3) is 0.321. The minimum atomic E-state index is -0.763. The second kappa shape index (κ2) is 9.94. The molecule has 4 nitrogen and oxygen atoms in total. The van der Waals surface area contributed by atoms with Gasteiger partial charge in [0.2, 0.25) is 0 Å².